The zero-order valence-corrected chi connectivity index (χ0v) is 10.1. The smallest absolute Gasteiger partial charge is 0.0438 e. The predicted molar refractivity (Wildman–Crippen MR) is 68.2 cm³/mol. The van der Waals surface area contributed by atoms with Gasteiger partial charge in [0.2, 0.25) is 0 Å². The molecule has 1 heterocycles. The summed E-state index contributed by atoms with van der Waals surface area (Å²) >= 11 is 0. The van der Waals surface area contributed by atoms with Crippen molar-refractivity contribution in [1.29, 1.82) is 0 Å². The van der Waals surface area contributed by atoms with E-state index in [0.29, 0.717) is 0 Å². The lowest BCUT2D eigenvalue weighted by atomic mass is 9.93. The highest BCUT2D eigenvalue weighted by molar-refractivity contribution is 6.01. The van der Waals surface area contributed by atoms with Gasteiger partial charge in [-0.05, 0) is 38.2 Å². The Balaban J connectivity index is 0.000000531. The zero-order valence-electron chi connectivity index (χ0n) is 10.1. The fourth-order valence-electron chi connectivity index (χ4n) is 1.73. The van der Waals surface area contributed by atoms with Crippen molar-refractivity contribution in [2.24, 2.45) is 4.99 Å². The average Bonchev–Trinajstić information content (AvgIpc) is 2.34. The topological polar surface area (TPSA) is 12.4 Å². The van der Waals surface area contributed by atoms with Crippen LogP contribution in [0.1, 0.15) is 46.5 Å². The predicted octanol–water partition coefficient (Wildman–Crippen LogP) is 4.43. The standard InChI is InChI=1S/C12H15N.C2H6/c1-10-5-7-11(8-6-10)12-4-2-3-9-13-12;1-2/h3,5,7,9H,2,4,6,8H2,1H3;1-2H3. The number of hydrogen-bond acceptors (Lipinski definition) is 1. The van der Waals surface area contributed by atoms with E-state index in [4.69, 9.17) is 0 Å². The lowest BCUT2D eigenvalue weighted by Gasteiger charge is -2.15. The molecule has 0 aromatic heterocycles. The molecule has 1 aliphatic carbocycles. The van der Waals surface area contributed by atoms with Crippen molar-refractivity contribution in [2.45, 2.75) is 46.5 Å². The molecule has 1 heteroatoms. The van der Waals surface area contributed by atoms with Gasteiger partial charge in [0.25, 0.3) is 0 Å². The van der Waals surface area contributed by atoms with Crippen molar-refractivity contribution in [1.82, 2.24) is 0 Å². The molecule has 15 heavy (non-hydrogen) atoms. The lowest BCUT2D eigenvalue weighted by Crippen LogP contribution is -2.06. The van der Waals surface area contributed by atoms with E-state index in [1.54, 1.807) is 0 Å². The van der Waals surface area contributed by atoms with Crippen molar-refractivity contribution in [3.8, 4) is 0 Å². The van der Waals surface area contributed by atoms with Gasteiger partial charge in [0.15, 0.2) is 0 Å². The number of nitrogens with zero attached hydrogens (tertiary/aromatic N) is 1. The molecule has 0 aromatic carbocycles. The minimum atomic E-state index is 1.12. The molecule has 1 aliphatic heterocycles. The van der Waals surface area contributed by atoms with Gasteiger partial charge in [0, 0.05) is 11.9 Å². The zero-order chi connectivity index (χ0) is 11.1. The van der Waals surface area contributed by atoms with Gasteiger partial charge in [-0.25, -0.2) is 0 Å². The van der Waals surface area contributed by atoms with Crippen LogP contribution in [0.5, 0.6) is 0 Å². The van der Waals surface area contributed by atoms with Crippen molar-refractivity contribution in [2.75, 3.05) is 0 Å². The Bertz CT molecular complexity index is 316. The van der Waals surface area contributed by atoms with Crippen LogP contribution < -0.4 is 0 Å². The summed E-state index contributed by atoms with van der Waals surface area (Å²) in [4.78, 5) is 4.42. The Morgan fingerprint density at radius 3 is 2.40 bits per heavy atom. The first kappa shape index (κ1) is 12.0. The maximum Gasteiger partial charge on any atom is 0.0438 e. The van der Waals surface area contributed by atoms with E-state index >= 15 is 0 Å². The summed E-state index contributed by atoms with van der Waals surface area (Å²) in [6, 6.07) is 0. The van der Waals surface area contributed by atoms with E-state index in [0.717, 1.165) is 12.8 Å². The minimum absolute atomic E-state index is 1.12. The summed E-state index contributed by atoms with van der Waals surface area (Å²) in [6.45, 7) is 6.19. The third-order valence-corrected chi connectivity index (χ3v) is 2.61. The lowest BCUT2D eigenvalue weighted by molar-refractivity contribution is 0.921. The van der Waals surface area contributed by atoms with Crippen LogP contribution in [0.15, 0.2) is 40.6 Å². The van der Waals surface area contributed by atoms with Crippen molar-refractivity contribution >= 4 is 5.71 Å². The quantitative estimate of drug-likeness (QED) is 0.598. The van der Waals surface area contributed by atoms with Crippen LogP contribution in [-0.4, -0.2) is 5.71 Å². The van der Waals surface area contributed by atoms with Gasteiger partial charge in [-0.15, -0.1) is 0 Å². The molecule has 0 atom stereocenters. The summed E-state index contributed by atoms with van der Waals surface area (Å²) in [5, 5.41) is 0. The van der Waals surface area contributed by atoms with Crippen molar-refractivity contribution in [3.63, 3.8) is 0 Å². The molecule has 0 saturated heterocycles. The molecule has 0 amide bonds. The average molecular weight is 203 g/mol. The van der Waals surface area contributed by atoms with Crippen LogP contribution in [0.2, 0.25) is 0 Å². The SMILES string of the molecule is CC.CC1=CC=C(C2=NC=CCC2)CC1. The molecule has 0 unspecified atom stereocenters. The number of rotatable bonds is 1. The van der Waals surface area contributed by atoms with E-state index < -0.39 is 0 Å². The second-order valence-electron chi connectivity index (χ2n) is 3.70. The normalized spacial score (nSPS) is 19.5. The Morgan fingerprint density at radius 2 is 1.87 bits per heavy atom. The maximum absolute atomic E-state index is 4.42. The van der Waals surface area contributed by atoms with Gasteiger partial charge in [-0.2, -0.15) is 0 Å². The van der Waals surface area contributed by atoms with Crippen LogP contribution >= 0.6 is 0 Å². The second-order valence-corrected chi connectivity index (χ2v) is 3.70. The molecule has 0 N–H and O–H groups in total. The van der Waals surface area contributed by atoms with Gasteiger partial charge in [-0.1, -0.05) is 37.6 Å². The highest BCUT2D eigenvalue weighted by Gasteiger charge is 2.10. The molecule has 0 aromatic rings. The molecule has 0 radical (unpaired) electrons. The molecule has 2 aliphatic rings. The van der Waals surface area contributed by atoms with Crippen LogP contribution in [0, 0.1) is 0 Å². The molecule has 2 rings (SSSR count). The first-order chi connectivity index (χ1) is 7.36. The fraction of sp³-hybridized carbons (Fsp3) is 0.500. The van der Waals surface area contributed by atoms with E-state index in [-0.39, 0.29) is 0 Å². The minimum Gasteiger partial charge on any atom is -0.261 e. The summed E-state index contributed by atoms with van der Waals surface area (Å²) in [7, 11) is 0. The fourth-order valence-corrected chi connectivity index (χ4v) is 1.73. The highest BCUT2D eigenvalue weighted by Crippen LogP contribution is 2.22. The van der Waals surface area contributed by atoms with Crippen molar-refractivity contribution < 1.29 is 0 Å². The van der Waals surface area contributed by atoms with Crippen LogP contribution in [0.25, 0.3) is 0 Å². The summed E-state index contributed by atoms with van der Waals surface area (Å²) < 4.78 is 0. The van der Waals surface area contributed by atoms with Crippen LogP contribution in [0.4, 0.5) is 0 Å². The van der Waals surface area contributed by atoms with E-state index in [1.165, 1.54) is 29.7 Å². The Labute approximate surface area is 93.3 Å². The summed E-state index contributed by atoms with van der Waals surface area (Å²) in [5.41, 5.74) is 4.22. The van der Waals surface area contributed by atoms with Crippen molar-refractivity contribution in [3.05, 3.63) is 35.6 Å². The largest absolute Gasteiger partial charge is 0.261 e. The maximum atomic E-state index is 4.42. The van der Waals surface area contributed by atoms with E-state index in [9.17, 15) is 0 Å². The third kappa shape index (κ3) is 3.50. The molecule has 82 valence electrons. The molecular weight excluding hydrogens is 182 g/mol. The summed E-state index contributed by atoms with van der Waals surface area (Å²) in [5.74, 6) is 0. The Morgan fingerprint density at radius 1 is 1.07 bits per heavy atom. The molecule has 0 spiro atoms. The van der Waals surface area contributed by atoms with Crippen LogP contribution in [-0.2, 0) is 0 Å². The number of aliphatic imine (C=N–C) groups is 1. The van der Waals surface area contributed by atoms with Gasteiger partial charge >= 0.3 is 0 Å². The second kappa shape index (κ2) is 6.39. The summed E-state index contributed by atoms with van der Waals surface area (Å²) in [6.07, 6.45) is 13.2. The molecule has 0 fully saturated rings. The molecular formula is C14H21N. The Kier molecular flexibility index (Phi) is 5.09. The van der Waals surface area contributed by atoms with Gasteiger partial charge in [-0.3, -0.25) is 4.99 Å². The monoisotopic (exact) mass is 203 g/mol. The van der Waals surface area contributed by atoms with E-state index in [2.05, 4.69) is 30.1 Å². The molecule has 0 saturated carbocycles. The number of hydrogen-bond donors (Lipinski definition) is 0. The van der Waals surface area contributed by atoms with Gasteiger partial charge < -0.3 is 0 Å². The third-order valence-electron chi connectivity index (χ3n) is 2.61. The van der Waals surface area contributed by atoms with Gasteiger partial charge in [0.05, 0.1) is 0 Å². The Hall–Kier alpha value is -1.11. The van der Waals surface area contributed by atoms with Crippen LogP contribution in [0.3, 0.4) is 0 Å². The first-order valence-corrected chi connectivity index (χ1v) is 5.94. The molecule has 0 bridgehead atoms. The van der Waals surface area contributed by atoms with E-state index in [1.807, 2.05) is 20.0 Å². The highest BCUT2D eigenvalue weighted by atomic mass is 14.7. The van der Waals surface area contributed by atoms with Gasteiger partial charge in [0.1, 0.15) is 0 Å². The molecule has 1 nitrogen and oxygen atoms in total. The number of allylic oxidation sites excluding steroid dienone is 5. The first-order valence-electron chi connectivity index (χ1n) is 5.94.